The minimum atomic E-state index is -3.12. The Morgan fingerprint density at radius 1 is 1.05 bits per heavy atom. The van der Waals surface area contributed by atoms with Crippen LogP contribution in [-0.2, 0) is 10.7 Å². The molecule has 2 nitrogen and oxygen atoms in total. The first-order valence-corrected chi connectivity index (χ1v) is 7.01. The van der Waals surface area contributed by atoms with Crippen LogP contribution in [0.4, 0.5) is 8.78 Å². The molecule has 1 N–H and O–H groups in total. The number of rotatable bonds is 3. The van der Waals surface area contributed by atoms with Gasteiger partial charge in [-0.15, -0.1) is 0 Å². The number of halogens is 3. The normalized spacial score (nSPS) is 22.4. The van der Waals surface area contributed by atoms with Gasteiger partial charge in [-0.1, -0.05) is 54.1 Å². The molecule has 0 radical (unpaired) electrons. The molecule has 0 amide bonds. The van der Waals surface area contributed by atoms with Crippen molar-refractivity contribution in [3.8, 4) is 0 Å². The topological polar surface area (TPSA) is 21.3 Å². The molecule has 2 aromatic rings. The second-order valence-electron chi connectivity index (χ2n) is 4.97. The zero-order chi connectivity index (χ0) is 14.9. The van der Waals surface area contributed by atoms with Crippen LogP contribution >= 0.6 is 11.6 Å². The smallest absolute Gasteiger partial charge is 0.311 e. The molecule has 1 heterocycles. The lowest BCUT2D eigenvalue weighted by Crippen LogP contribution is -2.40. The van der Waals surface area contributed by atoms with Crippen LogP contribution in [0.2, 0.25) is 5.02 Å². The molecule has 1 saturated heterocycles. The van der Waals surface area contributed by atoms with Crippen LogP contribution in [0.15, 0.2) is 54.6 Å². The number of ether oxygens (including phenoxy) is 1. The first-order valence-electron chi connectivity index (χ1n) is 6.64. The third-order valence-electron chi connectivity index (χ3n) is 3.54. The molecule has 2 atom stereocenters. The number of hydrogen-bond acceptors (Lipinski definition) is 2. The second kappa shape index (κ2) is 5.72. The monoisotopic (exact) mass is 309 g/mol. The van der Waals surface area contributed by atoms with E-state index in [1.165, 1.54) is 24.3 Å². The summed E-state index contributed by atoms with van der Waals surface area (Å²) in [6.07, 6.45) is -1.34. The minimum absolute atomic E-state index is 0.113. The molecule has 1 aliphatic heterocycles. The van der Waals surface area contributed by atoms with Gasteiger partial charge in [0.05, 0.1) is 12.6 Å². The molecule has 0 aliphatic carbocycles. The van der Waals surface area contributed by atoms with Gasteiger partial charge >= 0.3 is 5.92 Å². The van der Waals surface area contributed by atoms with E-state index < -0.39 is 12.2 Å². The maximum absolute atomic E-state index is 14.5. The van der Waals surface area contributed by atoms with Crippen molar-refractivity contribution >= 4 is 11.6 Å². The van der Waals surface area contributed by atoms with E-state index in [2.05, 4.69) is 5.32 Å². The highest BCUT2D eigenvalue weighted by Crippen LogP contribution is 2.37. The molecule has 1 aliphatic rings. The SMILES string of the molecule is FC(F)(c1ccc(Cl)cc1)C1N[C@@H](c2ccccc2)CO1. The summed E-state index contributed by atoms with van der Waals surface area (Å²) in [5.41, 5.74) is 0.824. The fraction of sp³-hybridized carbons (Fsp3) is 0.250. The molecule has 1 unspecified atom stereocenters. The summed E-state index contributed by atoms with van der Waals surface area (Å²) in [6.45, 7) is 0.220. The van der Waals surface area contributed by atoms with Crippen molar-refractivity contribution < 1.29 is 13.5 Å². The Morgan fingerprint density at radius 3 is 2.38 bits per heavy atom. The average molecular weight is 310 g/mol. The number of alkyl halides is 2. The van der Waals surface area contributed by atoms with E-state index in [1.807, 2.05) is 30.3 Å². The molecule has 5 heteroatoms. The van der Waals surface area contributed by atoms with Crippen LogP contribution in [0.25, 0.3) is 0 Å². The maximum Gasteiger partial charge on any atom is 0.311 e. The predicted octanol–water partition coefficient (Wildman–Crippen LogP) is 4.12. The summed E-state index contributed by atoms with van der Waals surface area (Å²) in [6, 6.07) is 14.8. The zero-order valence-electron chi connectivity index (χ0n) is 11.1. The van der Waals surface area contributed by atoms with E-state index in [-0.39, 0.29) is 18.2 Å². The van der Waals surface area contributed by atoms with Crippen molar-refractivity contribution in [2.75, 3.05) is 6.61 Å². The quantitative estimate of drug-likeness (QED) is 0.921. The molecule has 0 saturated carbocycles. The number of hydrogen-bond donors (Lipinski definition) is 1. The van der Waals surface area contributed by atoms with Gasteiger partial charge in [-0.25, -0.2) is 0 Å². The highest BCUT2D eigenvalue weighted by atomic mass is 35.5. The first kappa shape index (κ1) is 14.4. The van der Waals surface area contributed by atoms with Crippen LogP contribution in [0.3, 0.4) is 0 Å². The van der Waals surface area contributed by atoms with Crippen molar-refractivity contribution in [1.29, 1.82) is 0 Å². The number of nitrogens with one attached hydrogen (secondary N) is 1. The summed E-state index contributed by atoms with van der Waals surface area (Å²) in [5, 5.41) is 3.28. The van der Waals surface area contributed by atoms with Crippen LogP contribution in [0.1, 0.15) is 17.2 Å². The summed E-state index contributed by atoms with van der Waals surface area (Å²) >= 11 is 5.73. The van der Waals surface area contributed by atoms with Crippen molar-refractivity contribution in [2.24, 2.45) is 0 Å². The Bertz CT molecular complexity index is 603. The standard InChI is InChI=1S/C16H14ClF2NO/c17-13-8-6-12(7-9-13)16(18,19)15-20-14(10-21-15)11-4-2-1-3-5-11/h1-9,14-15,20H,10H2/t14-,15?/m1/s1. The lowest BCUT2D eigenvalue weighted by molar-refractivity contribution is -0.130. The van der Waals surface area contributed by atoms with Crippen LogP contribution < -0.4 is 5.32 Å². The minimum Gasteiger partial charge on any atom is -0.355 e. The number of benzene rings is 2. The average Bonchev–Trinajstić information content (AvgIpc) is 2.99. The lowest BCUT2D eigenvalue weighted by Gasteiger charge is -2.23. The Kier molecular flexibility index (Phi) is 3.93. The summed E-state index contributed by atoms with van der Waals surface area (Å²) in [7, 11) is 0. The van der Waals surface area contributed by atoms with Gasteiger partial charge in [0, 0.05) is 10.6 Å². The van der Waals surface area contributed by atoms with Gasteiger partial charge in [0.2, 0.25) is 0 Å². The molecule has 110 valence electrons. The molecule has 21 heavy (non-hydrogen) atoms. The molecule has 0 aromatic heterocycles. The molecular formula is C16H14ClF2NO. The maximum atomic E-state index is 14.5. The van der Waals surface area contributed by atoms with E-state index in [0.717, 1.165) is 5.56 Å². The van der Waals surface area contributed by atoms with Crippen molar-refractivity contribution in [2.45, 2.75) is 18.2 Å². The van der Waals surface area contributed by atoms with E-state index in [1.54, 1.807) is 0 Å². The summed E-state index contributed by atoms with van der Waals surface area (Å²) < 4.78 is 34.2. The third kappa shape index (κ3) is 2.93. The zero-order valence-corrected chi connectivity index (χ0v) is 11.9. The Hall–Kier alpha value is -1.49. The van der Waals surface area contributed by atoms with Crippen LogP contribution in [-0.4, -0.2) is 12.8 Å². The molecule has 3 rings (SSSR count). The Balaban J connectivity index is 1.77. The summed E-state index contributed by atoms with van der Waals surface area (Å²) in [4.78, 5) is 0. The van der Waals surface area contributed by atoms with Gasteiger partial charge in [0.15, 0.2) is 6.23 Å². The fourth-order valence-corrected chi connectivity index (χ4v) is 2.51. The molecule has 2 aromatic carbocycles. The molecule has 0 bridgehead atoms. The first-order chi connectivity index (χ1) is 10.1. The van der Waals surface area contributed by atoms with Gasteiger partial charge < -0.3 is 4.74 Å². The highest BCUT2D eigenvalue weighted by molar-refractivity contribution is 6.30. The molecular weight excluding hydrogens is 296 g/mol. The Morgan fingerprint density at radius 2 is 1.71 bits per heavy atom. The Labute approximate surface area is 126 Å². The van der Waals surface area contributed by atoms with Gasteiger partial charge in [-0.2, -0.15) is 8.78 Å². The van der Waals surface area contributed by atoms with E-state index in [9.17, 15) is 8.78 Å². The van der Waals surface area contributed by atoms with Gasteiger partial charge in [-0.05, 0) is 17.7 Å². The molecule has 1 fully saturated rings. The third-order valence-corrected chi connectivity index (χ3v) is 3.79. The second-order valence-corrected chi connectivity index (χ2v) is 5.41. The van der Waals surface area contributed by atoms with Gasteiger partial charge in [0.25, 0.3) is 0 Å². The summed E-state index contributed by atoms with van der Waals surface area (Å²) in [5.74, 6) is -3.12. The largest absolute Gasteiger partial charge is 0.355 e. The van der Waals surface area contributed by atoms with Gasteiger partial charge in [-0.3, -0.25) is 5.32 Å². The van der Waals surface area contributed by atoms with Crippen molar-refractivity contribution in [3.05, 3.63) is 70.7 Å². The van der Waals surface area contributed by atoms with E-state index in [0.29, 0.717) is 5.02 Å². The lowest BCUT2D eigenvalue weighted by atomic mass is 10.1. The fourth-order valence-electron chi connectivity index (χ4n) is 2.38. The van der Waals surface area contributed by atoms with Crippen LogP contribution in [0.5, 0.6) is 0 Å². The van der Waals surface area contributed by atoms with Gasteiger partial charge in [0.1, 0.15) is 0 Å². The van der Waals surface area contributed by atoms with E-state index >= 15 is 0 Å². The van der Waals surface area contributed by atoms with Crippen LogP contribution in [0, 0.1) is 0 Å². The highest BCUT2D eigenvalue weighted by Gasteiger charge is 2.46. The van der Waals surface area contributed by atoms with Crippen molar-refractivity contribution in [3.63, 3.8) is 0 Å². The predicted molar refractivity (Wildman–Crippen MR) is 77.4 cm³/mol. The molecule has 0 spiro atoms. The van der Waals surface area contributed by atoms with Crippen molar-refractivity contribution in [1.82, 2.24) is 5.32 Å². The van der Waals surface area contributed by atoms with E-state index in [4.69, 9.17) is 16.3 Å².